The lowest BCUT2D eigenvalue weighted by molar-refractivity contribution is -0.124. The Morgan fingerprint density at radius 3 is 2.39 bits per heavy atom. The van der Waals surface area contributed by atoms with Crippen LogP contribution in [0.3, 0.4) is 0 Å². The van der Waals surface area contributed by atoms with Crippen molar-refractivity contribution in [1.82, 2.24) is 5.32 Å². The summed E-state index contributed by atoms with van der Waals surface area (Å²) in [5.74, 6) is -0.496. The number of alkyl halides is 2. The van der Waals surface area contributed by atoms with Crippen molar-refractivity contribution in [2.24, 2.45) is 5.73 Å². The van der Waals surface area contributed by atoms with Crippen LogP contribution in [0.4, 0.5) is 8.78 Å². The highest BCUT2D eigenvalue weighted by atomic mass is 19.3. The van der Waals surface area contributed by atoms with Crippen LogP contribution in [0.25, 0.3) is 0 Å². The van der Waals surface area contributed by atoms with Gasteiger partial charge in [0.15, 0.2) is 0 Å². The number of amides is 1. The molecular formula is C12H16F2N2O2. The maximum absolute atomic E-state index is 12.0. The summed E-state index contributed by atoms with van der Waals surface area (Å²) in [5, 5.41) is 2.97. The van der Waals surface area contributed by atoms with Gasteiger partial charge in [0.05, 0.1) is 0 Å². The summed E-state index contributed by atoms with van der Waals surface area (Å²) < 4.78 is 28.2. The summed E-state index contributed by atoms with van der Waals surface area (Å²) in [5.41, 5.74) is 4.92. The van der Waals surface area contributed by atoms with Gasteiger partial charge in [-0.15, -0.1) is 0 Å². The number of hydrogen-bond donors (Lipinski definition) is 2. The molecule has 1 atom stereocenters. The molecule has 0 aromatic heterocycles. The highest BCUT2D eigenvalue weighted by Gasteiger charge is 2.31. The van der Waals surface area contributed by atoms with E-state index >= 15 is 0 Å². The van der Waals surface area contributed by atoms with Gasteiger partial charge in [-0.3, -0.25) is 4.79 Å². The van der Waals surface area contributed by atoms with E-state index in [9.17, 15) is 13.6 Å². The summed E-state index contributed by atoms with van der Waals surface area (Å²) in [4.78, 5) is 11.5. The number of halogens is 2. The average molecular weight is 258 g/mol. The molecule has 1 rings (SSSR count). The van der Waals surface area contributed by atoms with E-state index in [1.165, 1.54) is 24.3 Å². The fraction of sp³-hybridized carbons (Fsp3) is 0.417. The first-order valence-electron chi connectivity index (χ1n) is 5.50. The minimum atomic E-state index is -2.87. The van der Waals surface area contributed by atoms with Gasteiger partial charge < -0.3 is 15.8 Å². The van der Waals surface area contributed by atoms with Crippen molar-refractivity contribution in [3.05, 3.63) is 29.8 Å². The number of primary amides is 1. The van der Waals surface area contributed by atoms with Crippen LogP contribution in [0, 0.1) is 0 Å². The fourth-order valence-electron chi connectivity index (χ4n) is 1.65. The highest BCUT2D eigenvalue weighted by molar-refractivity contribution is 5.85. The number of nitrogens with two attached hydrogens (primary N) is 1. The molecule has 0 spiro atoms. The van der Waals surface area contributed by atoms with Crippen LogP contribution in [0.5, 0.6) is 5.75 Å². The molecule has 0 heterocycles. The monoisotopic (exact) mass is 258 g/mol. The second-order valence-corrected chi connectivity index (χ2v) is 3.92. The van der Waals surface area contributed by atoms with Gasteiger partial charge in [0.25, 0.3) is 0 Å². The van der Waals surface area contributed by atoms with E-state index in [0.29, 0.717) is 12.1 Å². The van der Waals surface area contributed by atoms with Crippen molar-refractivity contribution in [1.29, 1.82) is 0 Å². The van der Waals surface area contributed by atoms with Gasteiger partial charge in [0.1, 0.15) is 11.3 Å². The molecule has 1 amide bonds. The summed E-state index contributed by atoms with van der Waals surface area (Å²) in [6.45, 7) is 1.17. The summed E-state index contributed by atoms with van der Waals surface area (Å²) in [6.07, 6.45) is 0. The van der Waals surface area contributed by atoms with Crippen molar-refractivity contribution in [3.8, 4) is 5.75 Å². The zero-order valence-electron chi connectivity index (χ0n) is 10.2. The number of hydrogen-bond acceptors (Lipinski definition) is 3. The number of benzene rings is 1. The van der Waals surface area contributed by atoms with Crippen LogP contribution in [0.2, 0.25) is 0 Å². The van der Waals surface area contributed by atoms with Gasteiger partial charge in [-0.05, 0) is 31.2 Å². The van der Waals surface area contributed by atoms with Gasteiger partial charge in [-0.1, -0.05) is 19.1 Å². The molecule has 1 aromatic carbocycles. The molecule has 100 valence electrons. The second kappa shape index (κ2) is 5.77. The Hall–Kier alpha value is -1.69. The maximum Gasteiger partial charge on any atom is 0.387 e. The average Bonchev–Trinajstić information content (AvgIpc) is 2.29. The lowest BCUT2D eigenvalue weighted by Gasteiger charge is -2.27. The van der Waals surface area contributed by atoms with Gasteiger partial charge >= 0.3 is 6.61 Å². The Bertz CT molecular complexity index is 409. The first kappa shape index (κ1) is 14.4. The fourth-order valence-corrected chi connectivity index (χ4v) is 1.65. The molecule has 1 unspecified atom stereocenters. The van der Waals surface area contributed by atoms with E-state index < -0.39 is 18.1 Å². The van der Waals surface area contributed by atoms with Crippen LogP contribution >= 0.6 is 0 Å². The summed E-state index contributed by atoms with van der Waals surface area (Å²) in [7, 11) is 0. The molecule has 0 saturated heterocycles. The molecule has 4 nitrogen and oxygen atoms in total. The van der Waals surface area contributed by atoms with Crippen LogP contribution in [0.15, 0.2) is 24.3 Å². The number of likely N-dealkylation sites (N-methyl/N-ethyl adjacent to an activating group) is 1. The minimum absolute atomic E-state index is 0.0390. The zero-order chi connectivity index (χ0) is 13.8. The molecule has 0 aliphatic heterocycles. The molecule has 0 aliphatic carbocycles. The third kappa shape index (κ3) is 3.16. The van der Waals surface area contributed by atoms with Gasteiger partial charge in [-0.2, -0.15) is 8.78 Å². The van der Waals surface area contributed by atoms with Gasteiger partial charge in [0, 0.05) is 0 Å². The van der Waals surface area contributed by atoms with Crippen molar-refractivity contribution in [2.45, 2.75) is 26.0 Å². The second-order valence-electron chi connectivity index (χ2n) is 3.92. The summed E-state index contributed by atoms with van der Waals surface area (Å²) >= 11 is 0. The smallest absolute Gasteiger partial charge is 0.387 e. The lowest BCUT2D eigenvalue weighted by atomic mass is 9.91. The van der Waals surface area contributed by atoms with E-state index in [4.69, 9.17) is 5.73 Å². The van der Waals surface area contributed by atoms with Crippen molar-refractivity contribution in [2.75, 3.05) is 6.54 Å². The van der Waals surface area contributed by atoms with E-state index in [1.807, 2.05) is 6.92 Å². The predicted molar refractivity (Wildman–Crippen MR) is 63.3 cm³/mol. The quantitative estimate of drug-likeness (QED) is 0.814. The minimum Gasteiger partial charge on any atom is -0.435 e. The van der Waals surface area contributed by atoms with Crippen molar-refractivity contribution >= 4 is 5.91 Å². The molecule has 0 radical (unpaired) electrons. The van der Waals surface area contributed by atoms with Crippen molar-refractivity contribution in [3.63, 3.8) is 0 Å². The van der Waals surface area contributed by atoms with Crippen LogP contribution < -0.4 is 15.8 Å². The van der Waals surface area contributed by atoms with E-state index in [1.54, 1.807) is 6.92 Å². The lowest BCUT2D eigenvalue weighted by Crippen LogP contribution is -2.50. The SMILES string of the molecule is CCNC(C)(C(N)=O)c1ccc(OC(F)F)cc1. The number of carbonyl (C=O) groups is 1. The normalized spacial score (nSPS) is 14.3. The standard InChI is InChI=1S/C12H16F2N2O2/c1-3-16-12(2,10(15)17)8-4-6-9(7-5-8)18-11(13)14/h4-7,11,16H,3H2,1-2H3,(H2,15,17). The van der Waals surface area contributed by atoms with E-state index in [2.05, 4.69) is 10.1 Å². The number of carbonyl (C=O) groups excluding carboxylic acids is 1. The molecule has 6 heteroatoms. The van der Waals surface area contributed by atoms with E-state index in [0.717, 1.165) is 0 Å². The Morgan fingerprint density at radius 2 is 2.00 bits per heavy atom. The Balaban J connectivity index is 2.97. The molecule has 0 fully saturated rings. The number of ether oxygens (including phenoxy) is 1. The maximum atomic E-state index is 12.0. The van der Waals surface area contributed by atoms with Gasteiger partial charge in [-0.25, -0.2) is 0 Å². The first-order valence-corrected chi connectivity index (χ1v) is 5.50. The van der Waals surface area contributed by atoms with Crippen LogP contribution in [-0.2, 0) is 10.3 Å². The molecular weight excluding hydrogens is 242 g/mol. The first-order chi connectivity index (χ1) is 8.40. The third-order valence-electron chi connectivity index (χ3n) is 2.68. The molecule has 18 heavy (non-hydrogen) atoms. The van der Waals surface area contributed by atoms with Crippen LogP contribution in [0.1, 0.15) is 19.4 Å². The Kier molecular flexibility index (Phi) is 4.61. The van der Waals surface area contributed by atoms with Gasteiger partial charge in [0.2, 0.25) is 5.91 Å². The predicted octanol–water partition coefficient (Wildman–Crippen LogP) is 1.60. The molecule has 1 aromatic rings. The largest absolute Gasteiger partial charge is 0.435 e. The zero-order valence-corrected chi connectivity index (χ0v) is 10.2. The number of rotatable bonds is 6. The van der Waals surface area contributed by atoms with E-state index in [-0.39, 0.29) is 5.75 Å². The molecule has 0 bridgehead atoms. The summed E-state index contributed by atoms with van der Waals surface area (Å²) in [6, 6.07) is 5.82. The highest BCUT2D eigenvalue weighted by Crippen LogP contribution is 2.23. The topological polar surface area (TPSA) is 64.3 Å². The Morgan fingerprint density at radius 1 is 1.44 bits per heavy atom. The Labute approximate surface area is 104 Å². The molecule has 3 N–H and O–H groups in total. The van der Waals surface area contributed by atoms with Crippen LogP contribution in [-0.4, -0.2) is 19.1 Å². The molecule has 0 aliphatic rings. The molecule has 0 saturated carbocycles. The number of nitrogens with one attached hydrogen (secondary N) is 1. The van der Waals surface area contributed by atoms with Crippen molar-refractivity contribution < 1.29 is 18.3 Å². The third-order valence-corrected chi connectivity index (χ3v) is 2.68.